The van der Waals surface area contributed by atoms with Gasteiger partial charge in [-0.25, -0.2) is 0 Å². The molecule has 19 heavy (non-hydrogen) atoms. The molecule has 2 rings (SSSR count). The molecule has 4 N–H and O–H groups in total. The molecule has 0 saturated heterocycles. The van der Waals surface area contributed by atoms with Crippen LogP contribution in [0.1, 0.15) is 31.4 Å². The van der Waals surface area contributed by atoms with Crippen molar-refractivity contribution in [1.29, 1.82) is 0 Å². The van der Waals surface area contributed by atoms with Crippen LogP contribution in [0.15, 0.2) is 42.5 Å². The number of hydrogen-bond donors (Lipinski definition) is 2. The van der Waals surface area contributed by atoms with Crippen LogP contribution in [0.4, 0.5) is 0 Å². The highest BCUT2D eigenvalue weighted by Gasteiger charge is 2.19. The quantitative estimate of drug-likeness (QED) is 0.755. The Kier molecular flexibility index (Phi) is 6.25. The zero-order valence-corrected chi connectivity index (χ0v) is 11.2. The van der Waals surface area contributed by atoms with Crippen LogP contribution in [0.3, 0.4) is 0 Å². The van der Waals surface area contributed by atoms with Gasteiger partial charge in [0.2, 0.25) is 0 Å². The van der Waals surface area contributed by atoms with Crippen LogP contribution in [0.5, 0.6) is 0 Å². The Bertz CT molecular complexity index is 415. The molecule has 0 bridgehead atoms. The lowest BCUT2D eigenvalue weighted by Gasteiger charge is -2.13. The number of aliphatic hydroxyl groups is 1. The van der Waals surface area contributed by atoms with Crippen molar-refractivity contribution in [1.82, 2.24) is 0 Å². The van der Waals surface area contributed by atoms with Gasteiger partial charge in [-0.3, -0.25) is 0 Å². The Morgan fingerprint density at radius 3 is 2.47 bits per heavy atom. The average Bonchev–Trinajstić information content (AvgIpc) is 2.76. The Balaban J connectivity index is 0.000000191. The molecule has 4 heteroatoms. The normalized spacial score (nSPS) is 22.5. The summed E-state index contributed by atoms with van der Waals surface area (Å²) < 4.78 is 0. The first-order valence-electron chi connectivity index (χ1n) is 6.43. The molecule has 1 aliphatic carbocycles. The lowest BCUT2D eigenvalue weighted by Crippen LogP contribution is -2.51. The first kappa shape index (κ1) is 15.4. The number of rotatable bonds is 3. The van der Waals surface area contributed by atoms with Crippen LogP contribution in [-0.4, -0.2) is 17.2 Å². The van der Waals surface area contributed by atoms with Crippen LogP contribution < -0.4 is 10.8 Å². The smallest absolute Gasteiger partial charge is 0.107 e. The molecule has 0 heterocycles. The molecular formula is C15H21NO3. The molecule has 0 radical (unpaired) electrons. The summed E-state index contributed by atoms with van der Waals surface area (Å²) in [4.78, 5) is 10.0. The molecule has 0 unspecified atom stereocenters. The van der Waals surface area contributed by atoms with Crippen LogP contribution in [-0.2, 0) is 4.79 Å². The van der Waals surface area contributed by atoms with Crippen molar-refractivity contribution in [2.75, 3.05) is 0 Å². The predicted molar refractivity (Wildman–Crippen MR) is 70.6 cm³/mol. The van der Waals surface area contributed by atoms with Crippen molar-refractivity contribution in [2.45, 2.75) is 31.9 Å². The molecule has 1 aliphatic rings. The number of carbonyl (C=O) groups is 1. The molecule has 0 saturated carbocycles. The maximum Gasteiger partial charge on any atom is 0.107 e. The molecule has 4 nitrogen and oxygen atoms in total. The minimum Gasteiger partial charge on any atom is -0.550 e. The molecule has 1 aromatic rings. The summed E-state index contributed by atoms with van der Waals surface area (Å²) in [5, 5.41) is 19.1. The SMILES string of the molecule is C[C@@H]([NH3+])c1ccccc1.O=C([O-])C[C@@H]1C=CC[C@@H]1O. The fourth-order valence-corrected chi connectivity index (χ4v) is 1.87. The highest BCUT2D eigenvalue weighted by molar-refractivity contribution is 5.65. The molecule has 1 aromatic carbocycles. The third-order valence-electron chi connectivity index (χ3n) is 3.03. The van der Waals surface area contributed by atoms with E-state index >= 15 is 0 Å². The van der Waals surface area contributed by atoms with E-state index < -0.39 is 12.1 Å². The van der Waals surface area contributed by atoms with Crippen LogP contribution in [0, 0.1) is 5.92 Å². The minimum atomic E-state index is -1.10. The summed E-state index contributed by atoms with van der Waals surface area (Å²) in [5.41, 5.74) is 5.21. The largest absolute Gasteiger partial charge is 0.550 e. The molecule has 0 amide bonds. The van der Waals surface area contributed by atoms with Gasteiger partial charge in [0, 0.05) is 17.5 Å². The number of benzene rings is 1. The third kappa shape index (κ3) is 5.68. The van der Waals surface area contributed by atoms with Gasteiger partial charge in [-0.2, -0.15) is 0 Å². The lowest BCUT2D eigenvalue weighted by molar-refractivity contribution is -0.420. The lowest BCUT2D eigenvalue weighted by atomic mass is 10.0. The Morgan fingerprint density at radius 1 is 1.47 bits per heavy atom. The van der Waals surface area contributed by atoms with Gasteiger partial charge >= 0.3 is 0 Å². The van der Waals surface area contributed by atoms with E-state index in [0.29, 0.717) is 12.5 Å². The van der Waals surface area contributed by atoms with E-state index in [2.05, 4.69) is 24.8 Å². The van der Waals surface area contributed by atoms with Crippen molar-refractivity contribution < 1.29 is 20.7 Å². The third-order valence-corrected chi connectivity index (χ3v) is 3.03. The molecule has 0 aliphatic heterocycles. The first-order valence-corrected chi connectivity index (χ1v) is 6.43. The van der Waals surface area contributed by atoms with Crippen molar-refractivity contribution in [3.63, 3.8) is 0 Å². The second-order valence-electron chi connectivity index (χ2n) is 4.78. The summed E-state index contributed by atoms with van der Waals surface area (Å²) in [6, 6.07) is 10.7. The Morgan fingerprint density at radius 2 is 2.11 bits per heavy atom. The van der Waals surface area contributed by atoms with E-state index in [1.807, 2.05) is 18.2 Å². The fourth-order valence-electron chi connectivity index (χ4n) is 1.87. The molecule has 3 atom stereocenters. The number of aliphatic carboxylic acids is 1. The Labute approximate surface area is 113 Å². The van der Waals surface area contributed by atoms with Gasteiger partial charge in [0.25, 0.3) is 0 Å². The van der Waals surface area contributed by atoms with E-state index in [9.17, 15) is 9.90 Å². The summed E-state index contributed by atoms with van der Waals surface area (Å²) in [5.74, 6) is -1.33. The summed E-state index contributed by atoms with van der Waals surface area (Å²) in [6.45, 7) is 2.09. The van der Waals surface area contributed by atoms with E-state index in [-0.39, 0.29) is 12.3 Å². The maximum atomic E-state index is 10.0. The number of hydrogen-bond acceptors (Lipinski definition) is 3. The van der Waals surface area contributed by atoms with Crippen molar-refractivity contribution in [3.8, 4) is 0 Å². The van der Waals surface area contributed by atoms with Gasteiger partial charge in [-0.05, 0) is 19.8 Å². The second kappa shape index (κ2) is 7.71. The summed E-state index contributed by atoms with van der Waals surface area (Å²) in [7, 11) is 0. The number of aliphatic hydroxyl groups excluding tert-OH is 1. The molecule has 0 aromatic heterocycles. The average molecular weight is 263 g/mol. The van der Waals surface area contributed by atoms with Gasteiger partial charge < -0.3 is 20.7 Å². The van der Waals surface area contributed by atoms with Crippen molar-refractivity contribution in [2.24, 2.45) is 5.92 Å². The van der Waals surface area contributed by atoms with E-state index in [1.165, 1.54) is 5.56 Å². The maximum absolute atomic E-state index is 10.0. The standard InChI is InChI=1S/C8H11N.C7H10O3/c1-7(9)8-5-3-2-4-6-8;8-6-3-1-2-5(6)4-7(9)10/h2-7H,9H2,1H3;1-2,5-6,8H,3-4H2,(H,9,10)/t7-;5-,6-/m10/s1. The number of carboxylic acid groups (broad SMARTS) is 1. The number of quaternary nitrogens is 1. The molecule has 0 spiro atoms. The van der Waals surface area contributed by atoms with Gasteiger partial charge in [0.1, 0.15) is 6.04 Å². The highest BCUT2D eigenvalue weighted by atomic mass is 16.4. The number of carbonyl (C=O) groups excluding carboxylic acids is 1. The predicted octanol–water partition coefficient (Wildman–Crippen LogP) is 0.0529. The minimum absolute atomic E-state index is 0.0718. The molecule has 104 valence electrons. The molecular weight excluding hydrogens is 242 g/mol. The van der Waals surface area contributed by atoms with E-state index in [4.69, 9.17) is 5.11 Å². The zero-order valence-electron chi connectivity index (χ0n) is 11.2. The van der Waals surface area contributed by atoms with Gasteiger partial charge in [-0.15, -0.1) is 0 Å². The van der Waals surface area contributed by atoms with E-state index in [1.54, 1.807) is 12.2 Å². The number of carboxylic acids is 1. The highest BCUT2D eigenvalue weighted by Crippen LogP contribution is 2.20. The zero-order chi connectivity index (χ0) is 14.3. The molecule has 0 fully saturated rings. The topological polar surface area (TPSA) is 88.0 Å². The van der Waals surface area contributed by atoms with E-state index in [0.717, 1.165) is 0 Å². The summed E-state index contributed by atoms with van der Waals surface area (Å²) >= 11 is 0. The van der Waals surface area contributed by atoms with Gasteiger partial charge in [-0.1, -0.05) is 42.5 Å². The van der Waals surface area contributed by atoms with Gasteiger partial charge in [0.05, 0.1) is 6.10 Å². The monoisotopic (exact) mass is 263 g/mol. The van der Waals surface area contributed by atoms with Crippen molar-refractivity contribution >= 4 is 5.97 Å². The van der Waals surface area contributed by atoms with Crippen LogP contribution in [0.2, 0.25) is 0 Å². The van der Waals surface area contributed by atoms with Crippen LogP contribution in [0.25, 0.3) is 0 Å². The Hall–Kier alpha value is -1.65. The van der Waals surface area contributed by atoms with Gasteiger partial charge in [0.15, 0.2) is 0 Å². The summed E-state index contributed by atoms with van der Waals surface area (Å²) in [6.07, 6.45) is 3.49. The van der Waals surface area contributed by atoms with Crippen molar-refractivity contribution in [3.05, 3.63) is 48.0 Å². The van der Waals surface area contributed by atoms with Crippen LogP contribution >= 0.6 is 0 Å². The fraction of sp³-hybridized carbons (Fsp3) is 0.400. The first-order chi connectivity index (χ1) is 9.00. The second-order valence-corrected chi connectivity index (χ2v) is 4.78.